The van der Waals surface area contributed by atoms with Crippen LogP contribution in [-0.2, 0) is 4.79 Å². The van der Waals surface area contributed by atoms with Gasteiger partial charge in [-0.3, -0.25) is 4.79 Å². The molecule has 0 aromatic heterocycles. The highest BCUT2D eigenvalue weighted by Crippen LogP contribution is 2.25. The number of aliphatic hydroxyl groups is 1. The van der Waals surface area contributed by atoms with Crippen molar-refractivity contribution in [2.75, 3.05) is 6.54 Å². The molecule has 7 heteroatoms. The van der Waals surface area contributed by atoms with Crippen molar-refractivity contribution in [2.45, 2.75) is 12.5 Å². The second-order valence-corrected chi connectivity index (χ2v) is 4.73. The Balaban J connectivity index is 2.56. The number of halogens is 2. The number of amides is 1. The summed E-state index contributed by atoms with van der Waals surface area (Å²) in [6.07, 6.45) is -1.55. The molecular formula is C11H11BrClNO4. The summed E-state index contributed by atoms with van der Waals surface area (Å²) < 4.78 is 0.599. The van der Waals surface area contributed by atoms with Gasteiger partial charge in [0.15, 0.2) is 6.10 Å². The molecule has 0 aliphatic heterocycles. The lowest BCUT2D eigenvalue weighted by molar-refractivity contribution is -0.146. The van der Waals surface area contributed by atoms with E-state index in [0.29, 0.717) is 4.47 Å². The van der Waals surface area contributed by atoms with E-state index in [1.165, 1.54) is 0 Å². The smallest absolute Gasteiger partial charge is 0.332 e. The predicted octanol–water partition coefficient (Wildman–Crippen LogP) is 1.67. The van der Waals surface area contributed by atoms with E-state index in [2.05, 4.69) is 21.2 Å². The van der Waals surface area contributed by atoms with Crippen molar-refractivity contribution in [3.63, 3.8) is 0 Å². The highest BCUT2D eigenvalue weighted by atomic mass is 79.9. The molecule has 1 aromatic carbocycles. The van der Waals surface area contributed by atoms with E-state index in [9.17, 15) is 9.59 Å². The SMILES string of the molecule is O=C(NCC[C@H](O)C(=O)O)c1cccc(Br)c1Cl. The standard InChI is InChI=1S/C11H11BrClNO4/c12-7-3-1-2-6(9(7)13)10(16)14-5-4-8(15)11(17)18/h1-3,8,15H,4-5H2,(H,14,16)(H,17,18)/t8-/m0/s1. The summed E-state index contributed by atoms with van der Waals surface area (Å²) in [6, 6.07) is 4.92. The first-order valence-electron chi connectivity index (χ1n) is 5.06. The fourth-order valence-electron chi connectivity index (χ4n) is 1.22. The number of hydrogen-bond donors (Lipinski definition) is 3. The fraction of sp³-hybridized carbons (Fsp3) is 0.273. The summed E-state index contributed by atoms with van der Waals surface area (Å²) in [7, 11) is 0. The molecular weight excluding hydrogens is 325 g/mol. The lowest BCUT2D eigenvalue weighted by atomic mass is 10.2. The zero-order chi connectivity index (χ0) is 13.7. The molecule has 0 saturated heterocycles. The first-order chi connectivity index (χ1) is 8.43. The molecule has 5 nitrogen and oxygen atoms in total. The van der Waals surface area contributed by atoms with E-state index >= 15 is 0 Å². The third kappa shape index (κ3) is 3.97. The molecule has 1 rings (SSSR count). The number of rotatable bonds is 5. The number of carbonyl (C=O) groups excluding carboxylic acids is 1. The highest BCUT2D eigenvalue weighted by Gasteiger charge is 2.15. The normalized spacial score (nSPS) is 11.9. The second kappa shape index (κ2) is 6.72. The Morgan fingerprint density at radius 1 is 1.44 bits per heavy atom. The second-order valence-electron chi connectivity index (χ2n) is 3.50. The number of hydrogen-bond acceptors (Lipinski definition) is 3. The van der Waals surface area contributed by atoms with Crippen LogP contribution in [0.4, 0.5) is 0 Å². The van der Waals surface area contributed by atoms with Crippen LogP contribution in [0.3, 0.4) is 0 Å². The zero-order valence-corrected chi connectivity index (χ0v) is 11.5. The van der Waals surface area contributed by atoms with Gasteiger partial charge >= 0.3 is 5.97 Å². The number of carboxylic acids is 1. The molecule has 0 aliphatic carbocycles. The van der Waals surface area contributed by atoms with Crippen LogP contribution in [0.1, 0.15) is 16.8 Å². The third-order valence-corrected chi connectivity index (χ3v) is 3.48. The molecule has 0 radical (unpaired) electrons. The van der Waals surface area contributed by atoms with Crippen LogP contribution in [0.25, 0.3) is 0 Å². The van der Waals surface area contributed by atoms with Gasteiger partial charge in [-0.25, -0.2) is 4.79 Å². The zero-order valence-electron chi connectivity index (χ0n) is 9.19. The Kier molecular flexibility index (Phi) is 5.58. The van der Waals surface area contributed by atoms with Crippen molar-refractivity contribution in [1.82, 2.24) is 5.32 Å². The average molecular weight is 337 g/mol. The summed E-state index contributed by atoms with van der Waals surface area (Å²) in [5.74, 6) is -1.73. The summed E-state index contributed by atoms with van der Waals surface area (Å²) in [5.41, 5.74) is 0.288. The van der Waals surface area contributed by atoms with Crippen molar-refractivity contribution < 1.29 is 19.8 Å². The number of aliphatic carboxylic acids is 1. The molecule has 0 unspecified atom stereocenters. The van der Waals surface area contributed by atoms with Gasteiger partial charge in [-0.05, 0) is 28.1 Å². The van der Waals surface area contributed by atoms with Gasteiger partial charge in [-0.15, -0.1) is 0 Å². The van der Waals surface area contributed by atoms with Gasteiger partial charge in [0.25, 0.3) is 5.91 Å². The molecule has 1 atom stereocenters. The monoisotopic (exact) mass is 335 g/mol. The maximum absolute atomic E-state index is 11.7. The van der Waals surface area contributed by atoms with E-state index in [0.717, 1.165) is 0 Å². The van der Waals surface area contributed by atoms with E-state index in [4.69, 9.17) is 21.8 Å². The minimum absolute atomic E-state index is 0.0507. The lowest BCUT2D eigenvalue weighted by Crippen LogP contribution is -2.30. The molecule has 0 spiro atoms. The molecule has 1 amide bonds. The predicted molar refractivity (Wildman–Crippen MR) is 69.7 cm³/mol. The van der Waals surface area contributed by atoms with Crippen molar-refractivity contribution in [2.24, 2.45) is 0 Å². The Labute approximate surface area is 117 Å². The van der Waals surface area contributed by atoms with Crippen molar-refractivity contribution >= 4 is 39.4 Å². The maximum atomic E-state index is 11.7. The average Bonchev–Trinajstić information content (AvgIpc) is 2.32. The quantitative estimate of drug-likeness (QED) is 0.763. The first kappa shape index (κ1) is 14.9. The molecule has 0 aliphatic rings. The number of carboxylic acid groups (broad SMARTS) is 1. The minimum atomic E-state index is -1.48. The molecule has 98 valence electrons. The largest absolute Gasteiger partial charge is 0.479 e. The van der Waals surface area contributed by atoms with E-state index < -0.39 is 18.0 Å². The highest BCUT2D eigenvalue weighted by molar-refractivity contribution is 9.10. The van der Waals surface area contributed by atoms with E-state index in [1.807, 2.05) is 0 Å². The fourth-order valence-corrected chi connectivity index (χ4v) is 1.80. The van der Waals surface area contributed by atoms with Crippen LogP contribution >= 0.6 is 27.5 Å². The molecule has 1 aromatic rings. The van der Waals surface area contributed by atoms with Crippen molar-refractivity contribution in [3.8, 4) is 0 Å². The molecule has 0 heterocycles. The Morgan fingerprint density at radius 2 is 2.11 bits per heavy atom. The van der Waals surface area contributed by atoms with E-state index in [-0.39, 0.29) is 23.6 Å². The Morgan fingerprint density at radius 3 is 2.72 bits per heavy atom. The van der Waals surface area contributed by atoms with Crippen LogP contribution in [0, 0.1) is 0 Å². The van der Waals surface area contributed by atoms with Crippen LogP contribution in [0.2, 0.25) is 5.02 Å². The Hall–Kier alpha value is -1.11. The topological polar surface area (TPSA) is 86.6 Å². The molecule has 18 heavy (non-hydrogen) atoms. The van der Waals surface area contributed by atoms with Crippen LogP contribution < -0.4 is 5.32 Å². The van der Waals surface area contributed by atoms with Crippen molar-refractivity contribution in [3.05, 3.63) is 33.3 Å². The molecule has 0 fully saturated rings. The minimum Gasteiger partial charge on any atom is -0.479 e. The van der Waals surface area contributed by atoms with Crippen molar-refractivity contribution in [1.29, 1.82) is 0 Å². The van der Waals surface area contributed by atoms with Gasteiger partial charge in [0.2, 0.25) is 0 Å². The van der Waals surface area contributed by atoms with Crippen LogP contribution in [0.5, 0.6) is 0 Å². The van der Waals surface area contributed by atoms with Gasteiger partial charge < -0.3 is 15.5 Å². The molecule has 3 N–H and O–H groups in total. The van der Waals surface area contributed by atoms with Gasteiger partial charge in [0, 0.05) is 17.4 Å². The summed E-state index contributed by atoms with van der Waals surface area (Å²) in [6.45, 7) is 0.0507. The number of aliphatic hydroxyl groups excluding tert-OH is 1. The number of carbonyl (C=O) groups is 2. The number of nitrogens with one attached hydrogen (secondary N) is 1. The van der Waals surface area contributed by atoms with E-state index in [1.54, 1.807) is 18.2 Å². The number of benzene rings is 1. The van der Waals surface area contributed by atoms with Gasteiger partial charge in [-0.1, -0.05) is 17.7 Å². The molecule has 0 saturated carbocycles. The summed E-state index contributed by atoms with van der Waals surface area (Å²) in [5, 5.41) is 20.3. The van der Waals surface area contributed by atoms with Gasteiger partial charge in [0.05, 0.1) is 10.6 Å². The maximum Gasteiger partial charge on any atom is 0.332 e. The Bertz CT molecular complexity index is 466. The first-order valence-corrected chi connectivity index (χ1v) is 6.23. The van der Waals surface area contributed by atoms with Gasteiger partial charge in [-0.2, -0.15) is 0 Å². The molecule has 0 bridgehead atoms. The van der Waals surface area contributed by atoms with Crippen LogP contribution in [-0.4, -0.2) is 34.7 Å². The van der Waals surface area contributed by atoms with Crippen LogP contribution in [0.15, 0.2) is 22.7 Å². The van der Waals surface area contributed by atoms with Gasteiger partial charge in [0.1, 0.15) is 0 Å². The summed E-state index contributed by atoms with van der Waals surface area (Å²) in [4.78, 5) is 22.1. The lowest BCUT2D eigenvalue weighted by Gasteiger charge is -2.09. The summed E-state index contributed by atoms with van der Waals surface area (Å²) >= 11 is 9.12. The third-order valence-electron chi connectivity index (χ3n) is 2.18.